The van der Waals surface area contributed by atoms with Crippen molar-refractivity contribution < 1.29 is 9.59 Å². The summed E-state index contributed by atoms with van der Waals surface area (Å²) in [5.74, 6) is 0.437. The molecule has 0 aliphatic carbocycles. The first kappa shape index (κ1) is 15.6. The number of amides is 2. The Morgan fingerprint density at radius 3 is 2.90 bits per heavy atom. The lowest BCUT2D eigenvalue weighted by molar-refractivity contribution is -0.128. The second-order valence-corrected chi connectivity index (χ2v) is 5.76. The van der Waals surface area contributed by atoms with Gasteiger partial charge < -0.3 is 16.0 Å². The average Bonchev–Trinajstić information content (AvgIpc) is 2.81. The molecule has 2 amide bonds. The Morgan fingerprint density at radius 2 is 2.29 bits per heavy atom. The van der Waals surface area contributed by atoms with Gasteiger partial charge in [0.05, 0.1) is 10.7 Å². The summed E-state index contributed by atoms with van der Waals surface area (Å²) >= 11 is 5.83. The number of nitrogens with two attached hydrogens (primary N) is 1. The summed E-state index contributed by atoms with van der Waals surface area (Å²) in [7, 11) is 0. The van der Waals surface area contributed by atoms with Gasteiger partial charge in [-0.1, -0.05) is 24.9 Å². The SMILES string of the molecule is CCC1CC(=O)N(CCC(=O)Nc2ccc(Cl)c(N)c2)C1. The molecule has 1 aliphatic heterocycles. The second kappa shape index (κ2) is 6.80. The van der Waals surface area contributed by atoms with Crippen molar-refractivity contribution in [2.24, 2.45) is 5.92 Å². The molecule has 1 atom stereocenters. The number of nitrogens with one attached hydrogen (secondary N) is 1. The van der Waals surface area contributed by atoms with Gasteiger partial charge in [0, 0.05) is 31.6 Å². The Balaban J connectivity index is 1.82. The Hall–Kier alpha value is -1.75. The van der Waals surface area contributed by atoms with Crippen LogP contribution in [-0.4, -0.2) is 29.8 Å². The molecule has 21 heavy (non-hydrogen) atoms. The van der Waals surface area contributed by atoms with E-state index in [1.54, 1.807) is 23.1 Å². The number of rotatable bonds is 5. The van der Waals surface area contributed by atoms with E-state index >= 15 is 0 Å². The van der Waals surface area contributed by atoms with E-state index in [0.29, 0.717) is 35.3 Å². The molecule has 1 aromatic carbocycles. The van der Waals surface area contributed by atoms with Crippen molar-refractivity contribution in [2.45, 2.75) is 26.2 Å². The number of nitrogens with zero attached hydrogens (tertiary/aromatic N) is 1. The zero-order valence-corrected chi connectivity index (χ0v) is 12.8. The summed E-state index contributed by atoms with van der Waals surface area (Å²) in [5.41, 5.74) is 6.72. The Kier molecular flexibility index (Phi) is 5.07. The molecule has 3 N–H and O–H groups in total. The molecule has 6 heteroatoms. The molecule has 1 unspecified atom stereocenters. The van der Waals surface area contributed by atoms with Crippen LogP contribution in [0.5, 0.6) is 0 Å². The number of anilines is 2. The molecule has 1 aliphatic rings. The molecule has 0 saturated carbocycles. The van der Waals surface area contributed by atoms with E-state index in [4.69, 9.17) is 17.3 Å². The summed E-state index contributed by atoms with van der Waals surface area (Å²) in [4.78, 5) is 25.4. The summed E-state index contributed by atoms with van der Waals surface area (Å²) < 4.78 is 0. The maximum atomic E-state index is 11.9. The predicted molar refractivity (Wildman–Crippen MR) is 84.1 cm³/mol. The standard InChI is InChI=1S/C15H20ClN3O2/c1-2-10-7-15(21)19(9-10)6-5-14(20)18-11-3-4-12(16)13(17)8-11/h3-4,8,10H,2,5-7,9,17H2,1H3,(H,18,20). The summed E-state index contributed by atoms with van der Waals surface area (Å²) in [6.07, 6.45) is 1.88. The highest BCUT2D eigenvalue weighted by Gasteiger charge is 2.28. The van der Waals surface area contributed by atoms with E-state index in [1.165, 1.54) is 0 Å². The molecular weight excluding hydrogens is 290 g/mol. The third-order valence-electron chi connectivity index (χ3n) is 3.76. The Bertz CT molecular complexity index is 548. The van der Waals surface area contributed by atoms with Crippen molar-refractivity contribution in [2.75, 3.05) is 24.1 Å². The van der Waals surface area contributed by atoms with Crippen LogP contribution in [0, 0.1) is 5.92 Å². The van der Waals surface area contributed by atoms with Gasteiger partial charge in [0.15, 0.2) is 0 Å². The second-order valence-electron chi connectivity index (χ2n) is 5.35. The normalized spacial score (nSPS) is 18.1. The topological polar surface area (TPSA) is 75.4 Å². The number of hydrogen-bond acceptors (Lipinski definition) is 3. The molecule has 1 fully saturated rings. The summed E-state index contributed by atoms with van der Waals surface area (Å²) in [5, 5.41) is 3.22. The molecule has 0 spiro atoms. The smallest absolute Gasteiger partial charge is 0.226 e. The number of likely N-dealkylation sites (tertiary alicyclic amines) is 1. The van der Waals surface area contributed by atoms with Gasteiger partial charge in [-0.15, -0.1) is 0 Å². The van der Waals surface area contributed by atoms with E-state index in [-0.39, 0.29) is 18.2 Å². The van der Waals surface area contributed by atoms with Gasteiger partial charge in [0.25, 0.3) is 0 Å². The molecule has 5 nitrogen and oxygen atoms in total. The minimum absolute atomic E-state index is 0.135. The molecule has 1 aromatic rings. The zero-order chi connectivity index (χ0) is 15.4. The van der Waals surface area contributed by atoms with Gasteiger partial charge in [-0.05, 0) is 24.1 Å². The predicted octanol–water partition coefficient (Wildman–Crippen LogP) is 2.51. The van der Waals surface area contributed by atoms with E-state index in [2.05, 4.69) is 12.2 Å². The van der Waals surface area contributed by atoms with Crippen LogP contribution in [0.3, 0.4) is 0 Å². The third kappa shape index (κ3) is 4.11. The van der Waals surface area contributed by atoms with Crippen molar-refractivity contribution in [3.63, 3.8) is 0 Å². The minimum Gasteiger partial charge on any atom is -0.397 e. The first-order chi connectivity index (χ1) is 9.99. The monoisotopic (exact) mass is 309 g/mol. The number of nitrogen functional groups attached to an aromatic ring is 1. The van der Waals surface area contributed by atoms with Crippen LogP contribution in [-0.2, 0) is 9.59 Å². The van der Waals surface area contributed by atoms with Crippen LogP contribution in [0.1, 0.15) is 26.2 Å². The number of carbonyl (C=O) groups is 2. The van der Waals surface area contributed by atoms with Gasteiger partial charge >= 0.3 is 0 Å². The van der Waals surface area contributed by atoms with Crippen molar-refractivity contribution in [1.82, 2.24) is 4.90 Å². The lowest BCUT2D eigenvalue weighted by atomic mass is 10.1. The van der Waals surface area contributed by atoms with Crippen LogP contribution in [0.15, 0.2) is 18.2 Å². The number of hydrogen-bond donors (Lipinski definition) is 2. The van der Waals surface area contributed by atoms with Gasteiger partial charge in [0.2, 0.25) is 11.8 Å². The van der Waals surface area contributed by atoms with Crippen LogP contribution in [0.2, 0.25) is 5.02 Å². The molecule has 1 heterocycles. The van der Waals surface area contributed by atoms with E-state index < -0.39 is 0 Å². The molecule has 0 bridgehead atoms. The van der Waals surface area contributed by atoms with Gasteiger partial charge in [-0.2, -0.15) is 0 Å². The maximum Gasteiger partial charge on any atom is 0.226 e. The zero-order valence-electron chi connectivity index (χ0n) is 12.1. The number of halogens is 1. The van der Waals surface area contributed by atoms with Crippen LogP contribution >= 0.6 is 11.6 Å². The largest absolute Gasteiger partial charge is 0.397 e. The van der Waals surface area contributed by atoms with Gasteiger partial charge in [-0.25, -0.2) is 0 Å². The van der Waals surface area contributed by atoms with E-state index in [9.17, 15) is 9.59 Å². The van der Waals surface area contributed by atoms with Crippen molar-refractivity contribution in [3.05, 3.63) is 23.2 Å². The fraction of sp³-hybridized carbons (Fsp3) is 0.467. The number of benzene rings is 1. The average molecular weight is 310 g/mol. The molecule has 1 saturated heterocycles. The Labute approximate surface area is 129 Å². The minimum atomic E-state index is -0.135. The summed E-state index contributed by atoms with van der Waals surface area (Å²) in [6, 6.07) is 4.96. The third-order valence-corrected chi connectivity index (χ3v) is 4.10. The Morgan fingerprint density at radius 1 is 1.52 bits per heavy atom. The van der Waals surface area contributed by atoms with E-state index in [0.717, 1.165) is 13.0 Å². The lowest BCUT2D eigenvalue weighted by Gasteiger charge is -2.16. The summed E-state index contributed by atoms with van der Waals surface area (Å²) in [6.45, 7) is 3.31. The van der Waals surface area contributed by atoms with Gasteiger partial charge in [0.1, 0.15) is 0 Å². The molecule has 114 valence electrons. The van der Waals surface area contributed by atoms with Crippen LogP contribution < -0.4 is 11.1 Å². The maximum absolute atomic E-state index is 11.9. The quantitative estimate of drug-likeness (QED) is 0.821. The molecule has 0 radical (unpaired) electrons. The van der Waals surface area contributed by atoms with Crippen molar-refractivity contribution >= 4 is 34.8 Å². The van der Waals surface area contributed by atoms with Crippen LogP contribution in [0.25, 0.3) is 0 Å². The first-order valence-corrected chi connectivity index (χ1v) is 7.50. The molecular formula is C15H20ClN3O2. The number of carbonyl (C=O) groups excluding carboxylic acids is 2. The fourth-order valence-corrected chi connectivity index (χ4v) is 2.54. The highest BCUT2D eigenvalue weighted by Crippen LogP contribution is 2.23. The van der Waals surface area contributed by atoms with E-state index in [1.807, 2.05) is 0 Å². The molecule has 2 rings (SSSR count). The fourth-order valence-electron chi connectivity index (χ4n) is 2.43. The van der Waals surface area contributed by atoms with Crippen LogP contribution in [0.4, 0.5) is 11.4 Å². The van der Waals surface area contributed by atoms with Gasteiger partial charge in [-0.3, -0.25) is 9.59 Å². The van der Waals surface area contributed by atoms with Crippen molar-refractivity contribution in [3.8, 4) is 0 Å². The highest BCUT2D eigenvalue weighted by atomic mass is 35.5. The molecule has 0 aromatic heterocycles. The first-order valence-electron chi connectivity index (χ1n) is 7.12. The highest BCUT2D eigenvalue weighted by molar-refractivity contribution is 6.33. The lowest BCUT2D eigenvalue weighted by Crippen LogP contribution is -2.29. The van der Waals surface area contributed by atoms with Crippen molar-refractivity contribution in [1.29, 1.82) is 0 Å².